The Balaban J connectivity index is 0.00000576. The maximum Gasteiger partial charge on any atom is 0.410 e. The Morgan fingerprint density at radius 1 is 1.28 bits per heavy atom. The van der Waals surface area contributed by atoms with Crippen LogP contribution in [0.1, 0.15) is 27.7 Å². The minimum absolute atomic E-state index is 0. The van der Waals surface area contributed by atoms with Crippen LogP contribution in [0.5, 0.6) is 0 Å². The summed E-state index contributed by atoms with van der Waals surface area (Å²) in [4.78, 5) is 17.5. The second kappa shape index (κ2) is 10.4. The lowest BCUT2D eigenvalue weighted by Gasteiger charge is -2.40. The molecule has 9 nitrogen and oxygen atoms in total. The van der Waals surface area contributed by atoms with E-state index in [1.54, 1.807) is 18.9 Å². The fourth-order valence-electron chi connectivity index (χ4n) is 1.92. The second-order valence-corrected chi connectivity index (χ2v) is 8.62. The number of aliphatic imine (C=N–C) groups is 1. The normalized spacial score (nSPS) is 15.9. The van der Waals surface area contributed by atoms with Gasteiger partial charge in [-0.1, -0.05) is 0 Å². The van der Waals surface area contributed by atoms with E-state index in [1.807, 2.05) is 20.8 Å². The Hall–Kier alpha value is -0.820. The minimum atomic E-state index is -3.18. The number of carbonyl (C=O) groups is 1. The van der Waals surface area contributed by atoms with Crippen LogP contribution in [0.3, 0.4) is 0 Å². The molecule has 0 unspecified atom stereocenters. The first-order chi connectivity index (χ1) is 11.1. The van der Waals surface area contributed by atoms with Crippen LogP contribution in [-0.2, 0) is 14.8 Å². The SMILES string of the molecule is CCS(=O)(=O)NCCNC(=NC)NC1CN(C(=O)OC(C)(C)C)C1.I. The molecule has 0 bridgehead atoms. The topological polar surface area (TPSA) is 112 Å². The molecule has 3 N–H and O–H groups in total. The van der Waals surface area contributed by atoms with E-state index in [0.29, 0.717) is 25.6 Å². The highest BCUT2D eigenvalue weighted by atomic mass is 127. The van der Waals surface area contributed by atoms with Gasteiger partial charge in [-0.05, 0) is 27.7 Å². The van der Waals surface area contributed by atoms with E-state index in [-0.39, 0.29) is 48.4 Å². The van der Waals surface area contributed by atoms with Crippen molar-refractivity contribution in [2.75, 3.05) is 39.0 Å². The van der Waals surface area contributed by atoms with Crippen molar-refractivity contribution in [1.29, 1.82) is 0 Å². The average molecular weight is 491 g/mol. The van der Waals surface area contributed by atoms with Gasteiger partial charge in [0.1, 0.15) is 5.60 Å². The van der Waals surface area contributed by atoms with Gasteiger partial charge in [0.05, 0.1) is 11.8 Å². The molecule has 0 aliphatic carbocycles. The molecule has 1 rings (SSSR count). The lowest BCUT2D eigenvalue weighted by atomic mass is 10.1. The minimum Gasteiger partial charge on any atom is -0.444 e. The first kappa shape index (κ1) is 24.2. The van der Waals surface area contributed by atoms with Crippen LogP contribution in [0.2, 0.25) is 0 Å². The van der Waals surface area contributed by atoms with Crippen molar-refractivity contribution in [3.8, 4) is 0 Å². The predicted molar refractivity (Wildman–Crippen MR) is 109 cm³/mol. The first-order valence-corrected chi connectivity index (χ1v) is 9.64. The summed E-state index contributed by atoms with van der Waals surface area (Å²) < 4.78 is 30.4. The van der Waals surface area contributed by atoms with Crippen LogP contribution in [0, 0.1) is 0 Å². The molecule has 11 heteroatoms. The molecule has 0 radical (unpaired) electrons. The zero-order valence-corrected chi connectivity index (χ0v) is 18.6. The number of sulfonamides is 1. The van der Waals surface area contributed by atoms with E-state index in [2.05, 4.69) is 20.3 Å². The van der Waals surface area contributed by atoms with Gasteiger partial charge in [-0.2, -0.15) is 0 Å². The molecule has 1 heterocycles. The van der Waals surface area contributed by atoms with E-state index in [9.17, 15) is 13.2 Å². The molecule has 148 valence electrons. The summed E-state index contributed by atoms with van der Waals surface area (Å²) in [5, 5.41) is 6.20. The average Bonchev–Trinajstić information content (AvgIpc) is 2.42. The van der Waals surface area contributed by atoms with Gasteiger partial charge in [-0.15, -0.1) is 24.0 Å². The van der Waals surface area contributed by atoms with Crippen LogP contribution in [0.15, 0.2) is 4.99 Å². The molecule has 0 atom stereocenters. The third-order valence-electron chi connectivity index (χ3n) is 3.22. The number of carbonyl (C=O) groups excluding carboxylic acids is 1. The van der Waals surface area contributed by atoms with Crippen molar-refractivity contribution < 1.29 is 17.9 Å². The Bertz CT molecular complexity index is 556. The Morgan fingerprint density at radius 2 is 1.88 bits per heavy atom. The maximum atomic E-state index is 11.8. The van der Waals surface area contributed by atoms with Crippen molar-refractivity contribution in [2.45, 2.75) is 39.3 Å². The fraction of sp³-hybridized carbons (Fsp3) is 0.857. The van der Waals surface area contributed by atoms with Gasteiger partial charge < -0.3 is 20.3 Å². The molecular weight excluding hydrogens is 461 g/mol. The molecule has 0 saturated carbocycles. The number of rotatable bonds is 6. The maximum absolute atomic E-state index is 11.8. The summed E-state index contributed by atoms with van der Waals surface area (Å²) in [6.07, 6.45) is -0.322. The molecule has 1 saturated heterocycles. The van der Waals surface area contributed by atoms with Crippen LogP contribution in [-0.4, -0.2) is 76.0 Å². The van der Waals surface area contributed by atoms with Gasteiger partial charge in [-0.25, -0.2) is 17.9 Å². The lowest BCUT2D eigenvalue weighted by Crippen LogP contribution is -2.63. The van der Waals surface area contributed by atoms with Gasteiger partial charge in [0.2, 0.25) is 10.0 Å². The van der Waals surface area contributed by atoms with E-state index in [0.717, 1.165) is 0 Å². The Morgan fingerprint density at radius 3 is 2.36 bits per heavy atom. The molecular formula is C14H30IN5O4S. The zero-order chi connectivity index (χ0) is 18.4. The van der Waals surface area contributed by atoms with E-state index in [1.165, 1.54) is 0 Å². The number of halogens is 1. The van der Waals surface area contributed by atoms with Crippen molar-refractivity contribution in [3.05, 3.63) is 0 Å². The van der Waals surface area contributed by atoms with Crippen molar-refractivity contribution in [1.82, 2.24) is 20.3 Å². The van der Waals surface area contributed by atoms with Gasteiger partial charge >= 0.3 is 6.09 Å². The third-order valence-corrected chi connectivity index (χ3v) is 4.62. The van der Waals surface area contributed by atoms with Gasteiger partial charge in [-0.3, -0.25) is 4.99 Å². The number of ether oxygens (including phenoxy) is 1. The number of likely N-dealkylation sites (tertiary alicyclic amines) is 1. The number of hydrogen-bond donors (Lipinski definition) is 3. The molecule has 1 aliphatic heterocycles. The second-order valence-electron chi connectivity index (χ2n) is 6.52. The van der Waals surface area contributed by atoms with E-state index < -0.39 is 15.6 Å². The quantitative estimate of drug-likeness (QED) is 0.214. The summed E-state index contributed by atoms with van der Waals surface area (Å²) in [7, 11) is -1.55. The summed E-state index contributed by atoms with van der Waals surface area (Å²) in [6, 6.07) is 0.0936. The van der Waals surface area contributed by atoms with Crippen molar-refractivity contribution in [2.24, 2.45) is 4.99 Å². The lowest BCUT2D eigenvalue weighted by molar-refractivity contribution is 0.00701. The van der Waals surface area contributed by atoms with Crippen LogP contribution < -0.4 is 15.4 Å². The largest absolute Gasteiger partial charge is 0.444 e. The van der Waals surface area contributed by atoms with Crippen molar-refractivity contribution in [3.63, 3.8) is 0 Å². The summed E-state index contributed by atoms with van der Waals surface area (Å²) in [6.45, 7) is 8.86. The van der Waals surface area contributed by atoms with Gasteiger partial charge in [0, 0.05) is 33.2 Å². The molecule has 0 aromatic rings. The summed E-state index contributed by atoms with van der Waals surface area (Å²) in [5.41, 5.74) is -0.501. The van der Waals surface area contributed by atoms with Gasteiger partial charge in [0.25, 0.3) is 0 Å². The highest BCUT2D eigenvalue weighted by Crippen LogP contribution is 2.14. The smallest absolute Gasteiger partial charge is 0.410 e. The Kier molecular flexibility index (Phi) is 10.0. The molecule has 1 amide bonds. The molecule has 1 fully saturated rings. The van der Waals surface area contributed by atoms with Crippen LogP contribution in [0.4, 0.5) is 4.79 Å². The highest BCUT2D eigenvalue weighted by molar-refractivity contribution is 14.0. The third kappa shape index (κ3) is 9.45. The standard InChI is InChI=1S/C14H29N5O4S.HI/c1-6-24(21,22)17-8-7-16-12(15-5)18-11-9-19(10-11)13(20)23-14(2,3)4;/h11,17H,6-10H2,1-5H3,(H2,15,16,18);1H. The highest BCUT2D eigenvalue weighted by Gasteiger charge is 2.34. The molecule has 0 aromatic heterocycles. The predicted octanol–water partition coefficient (Wildman–Crippen LogP) is 0.328. The number of amides is 1. The first-order valence-electron chi connectivity index (χ1n) is 7.98. The monoisotopic (exact) mass is 491 g/mol. The van der Waals surface area contributed by atoms with E-state index >= 15 is 0 Å². The van der Waals surface area contributed by atoms with Crippen LogP contribution >= 0.6 is 24.0 Å². The number of nitrogens with one attached hydrogen (secondary N) is 3. The van der Waals surface area contributed by atoms with E-state index in [4.69, 9.17) is 4.74 Å². The molecule has 1 aliphatic rings. The molecule has 0 aromatic carbocycles. The summed E-state index contributed by atoms with van der Waals surface area (Å²) in [5.74, 6) is 0.627. The zero-order valence-electron chi connectivity index (χ0n) is 15.5. The summed E-state index contributed by atoms with van der Waals surface area (Å²) >= 11 is 0. The number of hydrogen-bond acceptors (Lipinski definition) is 5. The van der Waals surface area contributed by atoms with Crippen LogP contribution in [0.25, 0.3) is 0 Å². The number of guanidine groups is 1. The Labute approximate surface area is 167 Å². The fourth-order valence-corrected chi connectivity index (χ4v) is 2.54. The van der Waals surface area contributed by atoms with Gasteiger partial charge in [0.15, 0.2) is 5.96 Å². The molecule has 0 spiro atoms. The number of nitrogens with zero attached hydrogens (tertiary/aromatic N) is 2. The molecule has 25 heavy (non-hydrogen) atoms. The van der Waals surface area contributed by atoms with Crippen molar-refractivity contribution >= 4 is 46.1 Å².